The van der Waals surface area contributed by atoms with E-state index < -0.39 is 0 Å². The summed E-state index contributed by atoms with van der Waals surface area (Å²) in [4.78, 5) is 0. The van der Waals surface area contributed by atoms with Crippen LogP contribution in [0.25, 0.3) is 0 Å². The first-order valence-electron chi connectivity index (χ1n) is 7.14. The third-order valence-corrected chi connectivity index (χ3v) is 3.81. The van der Waals surface area contributed by atoms with Crippen LogP contribution < -0.4 is 10.1 Å². The Morgan fingerprint density at radius 1 is 1.38 bits per heavy atom. The van der Waals surface area contributed by atoms with Crippen molar-refractivity contribution in [2.45, 2.75) is 27.0 Å². The van der Waals surface area contributed by atoms with Crippen LogP contribution in [-0.4, -0.2) is 16.3 Å². The molecular weight excluding hydrogens is 330 g/mol. The molecule has 1 aromatic heterocycles. The first kappa shape index (κ1) is 16.0. The van der Waals surface area contributed by atoms with E-state index in [0.717, 1.165) is 28.9 Å². The van der Waals surface area contributed by atoms with Gasteiger partial charge < -0.3 is 10.1 Å². The minimum absolute atomic E-state index is 0.534. The summed E-state index contributed by atoms with van der Waals surface area (Å²) in [5.74, 6) is 1.45. The highest BCUT2D eigenvalue weighted by molar-refractivity contribution is 9.10. The zero-order chi connectivity index (χ0) is 15.2. The van der Waals surface area contributed by atoms with E-state index in [0.29, 0.717) is 12.5 Å². The molecule has 0 unspecified atom stereocenters. The van der Waals surface area contributed by atoms with Gasteiger partial charge in [0.05, 0.1) is 12.4 Å². The first-order chi connectivity index (χ1) is 10.0. The first-order valence-corrected chi connectivity index (χ1v) is 7.93. The monoisotopic (exact) mass is 351 g/mol. The Kier molecular flexibility index (Phi) is 5.82. The van der Waals surface area contributed by atoms with Gasteiger partial charge in [-0.3, -0.25) is 4.68 Å². The molecule has 2 aromatic rings. The highest BCUT2D eigenvalue weighted by Crippen LogP contribution is 2.21. The summed E-state index contributed by atoms with van der Waals surface area (Å²) in [5, 5.41) is 7.53. The molecule has 0 radical (unpaired) electrons. The summed E-state index contributed by atoms with van der Waals surface area (Å²) in [5.41, 5.74) is 2.40. The molecule has 1 heterocycles. The quantitative estimate of drug-likeness (QED) is 0.829. The van der Waals surface area contributed by atoms with Gasteiger partial charge in [-0.05, 0) is 24.1 Å². The fourth-order valence-electron chi connectivity index (χ4n) is 1.96. The van der Waals surface area contributed by atoms with Gasteiger partial charge >= 0.3 is 0 Å². The largest absolute Gasteiger partial charge is 0.486 e. The molecule has 0 atom stereocenters. The second-order valence-corrected chi connectivity index (χ2v) is 6.44. The van der Waals surface area contributed by atoms with Gasteiger partial charge in [0.2, 0.25) is 0 Å². The van der Waals surface area contributed by atoms with E-state index in [4.69, 9.17) is 4.74 Å². The third-order valence-electron chi connectivity index (χ3n) is 3.07. The van der Waals surface area contributed by atoms with E-state index in [1.165, 1.54) is 5.56 Å². The van der Waals surface area contributed by atoms with E-state index in [1.807, 2.05) is 13.2 Å². The fraction of sp³-hybridized carbons (Fsp3) is 0.438. The number of nitrogens with zero attached hydrogens (tertiary/aromatic N) is 2. The molecule has 2 rings (SSSR count). The predicted octanol–water partition coefficient (Wildman–Crippen LogP) is 3.51. The topological polar surface area (TPSA) is 39.1 Å². The summed E-state index contributed by atoms with van der Waals surface area (Å²) in [6.07, 6.45) is 3.58. The van der Waals surface area contributed by atoms with Crippen LogP contribution in [0, 0.1) is 5.92 Å². The Morgan fingerprint density at radius 2 is 2.19 bits per heavy atom. The normalized spacial score (nSPS) is 11.1. The molecule has 1 N–H and O–H groups in total. The molecule has 0 amide bonds. The second-order valence-electron chi connectivity index (χ2n) is 5.59. The van der Waals surface area contributed by atoms with Gasteiger partial charge in [0, 0.05) is 23.6 Å². The number of halogens is 1. The smallest absolute Gasteiger partial charge is 0.157 e. The molecule has 0 aliphatic rings. The van der Waals surface area contributed by atoms with Gasteiger partial charge in [-0.25, -0.2) is 0 Å². The average molecular weight is 352 g/mol. The number of ether oxygens (including phenoxy) is 1. The van der Waals surface area contributed by atoms with Crippen molar-refractivity contribution in [3.63, 3.8) is 0 Å². The summed E-state index contributed by atoms with van der Waals surface area (Å²) in [7, 11) is 1.88. The number of nitrogens with one attached hydrogen (secondary N) is 1. The van der Waals surface area contributed by atoms with Gasteiger partial charge in [0.1, 0.15) is 6.61 Å². The molecular formula is C16H22BrN3O. The molecule has 1 aromatic carbocycles. The van der Waals surface area contributed by atoms with Gasteiger partial charge in [-0.15, -0.1) is 0 Å². The lowest BCUT2D eigenvalue weighted by atomic mass is 10.1. The van der Waals surface area contributed by atoms with Crippen molar-refractivity contribution in [2.24, 2.45) is 13.0 Å². The lowest BCUT2D eigenvalue weighted by Gasteiger charge is -2.10. The van der Waals surface area contributed by atoms with Crippen molar-refractivity contribution >= 4 is 15.9 Å². The molecule has 0 aliphatic heterocycles. The van der Waals surface area contributed by atoms with Crippen molar-refractivity contribution in [3.05, 3.63) is 46.2 Å². The van der Waals surface area contributed by atoms with Crippen molar-refractivity contribution in [1.29, 1.82) is 0 Å². The third kappa shape index (κ3) is 5.17. The zero-order valence-electron chi connectivity index (χ0n) is 12.8. The lowest BCUT2D eigenvalue weighted by Crippen LogP contribution is -2.18. The maximum atomic E-state index is 5.72. The number of hydrogen-bond donors (Lipinski definition) is 1. The molecule has 21 heavy (non-hydrogen) atoms. The van der Waals surface area contributed by atoms with Crippen molar-refractivity contribution in [2.75, 3.05) is 6.54 Å². The lowest BCUT2D eigenvalue weighted by molar-refractivity contribution is 0.305. The number of benzene rings is 1. The Bertz CT molecular complexity index is 581. The zero-order valence-corrected chi connectivity index (χ0v) is 14.4. The standard InChI is InChI=1S/C16H22BrN3O/c1-12(2)7-18-8-13-4-5-14(16(17)6-13)11-21-15-9-19-20(3)10-15/h4-6,9-10,12,18H,7-8,11H2,1-3H3. The predicted molar refractivity (Wildman–Crippen MR) is 88.2 cm³/mol. The van der Waals surface area contributed by atoms with Crippen molar-refractivity contribution < 1.29 is 4.74 Å². The van der Waals surface area contributed by atoms with E-state index in [2.05, 4.69) is 58.4 Å². The molecule has 5 heteroatoms. The molecule has 0 fully saturated rings. The summed E-state index contributed by atoms with van der Waals surface area (Å²) >= 11 is 3.62. The van der Waals surface area contributed by atoms with E-state index in [-0.39, 0.29) is 0 Å². The molecule has 0 saturated heterocycles. The Hall–Kier alpha value is -1.33. The number of rotatable bonds is 7. The molecule has 0 spiro atoms. The fourth-order valence-corrected chi connectivity index (χ4v) is 2.50. The SMILES string of the molecule is CC(C)CNCc1ccc(COc2cnn(C)c2)c(Br)c1. The van der Waals surface area contributed by atoms with Crippen LogP contribution >= 0.6 is 15.9 Å². The van der Waals surface area contributed by atoms with E-state index in [9.17, 15) is 0 Å². The maximum absolute atomic E-state index is 5.72. The number of hydrogen-bond acceptors (Lipinski definition) is 3. The minimum Gasteiger partial charge on any atom is -0.486 e. The highest BCUT2D eigenvalue weighted by atomic mass is 79.9. The molecule has 0 bridgehead atoms. The number of aromatic nitrogens is 2. The van der Waals surface area contributed by atoms with Gasteiger partial charge in [-0.2, -0.15) is 5.10 Å². The minimum atomic E-state index is 0.534. The van der Waals surface area contributed by atoms with Gasteiger partial charge in [0.25, 0.3) is 0 Å². The van der Waals surface area contributed by atoms with Crippen LogP contribution in [0.4, 0.5) is 0 Å². The molecule has 114 valence electrons. The van der Waals surface area contributed by atoms with Crippen LogP contribution in [0.2, 0.25) is 0 Å². The van der Waals surface area contributed by atoms with E-state index in [1.54, 1.807) is 10.9 Å². The Labute approximate surface area is 134 Å². The highest BCUT2D eigenvalue weighted by Gasteiger charge is 2.04. The molecule has 4 nitrogen and oxygen atoms in total. The summed E-state index contributed by atoms with van der Waals surface area (Å²) in [6, 6.07) is 6.39. The second kappa shape index (κ2) is 7.61. The van der Waals surface area contributed by atoms with Crippen LogP contribution in [0.1, 0.15) is 25.0 Å². The maximum Gasteiger partial charge on any atom is 0.157 e. The Balaban J connectivity index is 1.89. The Morgan fingerprint density at radius 3 is 2.81 bits per heavy atom. The molecule has 0 aliphatic carbocycles. The van der Waals surface area contributed by atoms with Gasteiger partial charge in [-0.1, -0.05) is 41.9 Å². The van der Waals surface area contributed by atoms with Crippen LogP contribution in [0.5, 0.6) is 5.75 Å². The van der Waals surface area contributed by atoms with Crippen LogP contribution in [0.3, 0.4) is 0 Å². The summed E-state index contributed by atoms with van der Waals surface area (Å²) < 4.78 is 8.53. The summed E-state index contributed by atoms with van der Waals surface area (Å²) in [6.45, 7) is 6.87. The van der Waals surface area contributed by atoms with E-state index >= 15 is 0 Å². The van der Waals surface area contributed by atoms with Gasteiger partial charge in [0.15, 0.2) is 5.75 Å². The molecule has 0 saturated carbocycles. The number of aryl methyl sites for hydroxylation is 1. The van der Waals surface area contributed by atoms with Crippen LogP contribution in [-0.2, 0) is 20.2 Å². The van der Waals surface area contributed by atoms with Crippen LogP contribution in [0.15, 0.2) is 35.1 Å². The van der Waals surface area contributed by atoms with Crippen molar-refractivity contribution in [1.82, 2.24) is 15.1 Å². The van der Waals surface area contributed by atoms with Crippen molar-refractivity contribution in [3.8, 4) is 5.75 Å². The average Bonchev–Trinajstić information content (AvgIpc) is 2.83.